The molecule has 116 valence electrons. The Morgan fingerprint density at radius 3 is 2.91 bits per heavy atom. The van der Waals surface area contributed by atoms with E-state index in [0.29, 0.717) is 11.6 Å². The second kappa shape index (κ2) is 5.49. The summed E-state index contributed by atoms with van der Waals surface area (Å²) in [6.45, 7) is 6.04. The summed E-state index contributed by atoms with van der Waals surface area (Å²) in [6, 6.07) is 3.42. The van der Waals surface area contributed by atoms with Gasteiger partial charge in [-0.05, 0) is 45.7 Å². The third kappa shape index (κ3) is 3.14. The molecule has 0 aromatic carbocycles. The molecule has 2 aromatic heterocycles. The normalized spacial score (nSPS) is 20.0. The van der Waals surface area contributed by atoms with E-state index >= 15 is 0 Å². The molecule has 1 unspecified atom stereocenters. The van der Waals surface area contributed by atoms with Gasteiger partial charge in [0.15, 0.2) is 5.82 Å². The third-order valence-corrected chi connectivity index (χ3v) is 3.81. The Labute approximate surface area is 129 Å². The molecule has 0 radical (unpaired) electrons. The van der Waals surface area contributed by atoms with Crippen LogP contribution < -0.4 is 10.6 Å². The smallest absolute Gasteiger partial charge is 0.242 e. The van der Waals surface area contributed by atoms with Crippen LogP contribution in [0.2, 0.25) is 0 Å². The first kappa shape index (κ1) is 14.6. The van der Waals surface area contributed by atoms with Crippen molar-refractivity contribution in [2.75, 3.05) is 5.32 Å². The molecule has 1 aliphatic rings. The number of H-pyrrole nitrogens is 1. The summed E-state index contributed by atoms with van der Waals surface area (Å²) in [7, 11) is 0. The van der Waals surface area contributed by atoms with Gasteiger partial charge in [-0.25, -0.2) is 9.97 Å². The number of pyridine rings is 1. The highest BCUT2D eigenvalue weighted by molar-refractivity contribution is 5.94. The maximum absolute atomic E-state index is 12.3. The van der Waals surface area contributed by atoms with Crippen molar-refractivity contribution in [1.82, 2.24) is 25.5 Å². The first-order chi connectivity index (χ1) is 10.4. The van der Waals surface area contributed by atoms with Crippen molar-refractivity contribution in [2.45, 2.75) is 45.2 Å². The van der Waals surface area contributed by atoms with E-state index in [0.717, 1.165) is 24.2 Å². The number of carbonyl (C=O) groups excluding carboxylic acids is 1. The maximum Gasteiger partial charge on any atom is 0.242 e. The fourth-order valence-electron chi connectivity index (χ4n) is 2.64. The van der Waals surface area contributed by atoms with Crippen LogP contribution in [-0.2, 0) is 4.79 Å². The van der Waals surface area contributed by atoms with Crippen LogP contribution in [0, 0.1) is 6.92 Å². The molecule has 0 spiro atoms. The van der Waals surface area contributed by atoms with E-state index in [2.05, 4.69) is 44.6 Å². The lowest BCUT2D eigenvalue weighted by Crippen LogP contribution is -2.43. The molecule has 1 aliphatic heterocycles. The fourth-order valence-corrected chi connectivity index (χ4v) is 2.64. The molecule has 2 aromatic rings. The number of hydrogen-bond donors (Lipinski definition) is 3. The highest BCUT2D eigenvalue weighted by Crippen LogP contribution is 2.23. The molecule has 1 saturated heterocycles. The van der Waals surface area contributed by atoms with Gasteiger partial charge in [0.2, 0.25) is 5.91 Å². The number of carbonyl (C=O) groups is 1. The van der Waals surface area contributed by atoms with Crippen LogP contribution in [0.4, 0.5) is 5.82 Å². The number of aromatic amines is 1. The Balaban J connectivity index is 1.72. The van der Waals surface area contributed by atoms with Gasteiger partial charge in [0, 0.05) is 17.3 Å². The molecule has 1 amide bonds. The number of nitrogens with zero attached hydrogens (tertiary/aromatic N) is 3. The molecular formula is C15H20N6O. The van der Waals surface area contributed by atoms with Crippen LogP contribution in [-0.4, -0.2) is 37.7 Å². The summed E-state index contributed by atoms with van der Waals surface area (Å²) >= 11 is 0. The number of aromatic nitrogens is 4. The lowest BCUT2D eigenvalue weighted by Gasteiger charge is -2.19. The van der Waals surface area contributed by atoms with Crippen LogP contribution in [0.15, 0.2) is 18.3 Å². The topological polar surface area (TPSA) is 95.6 Å². The van der Waals surface area contributed by atoms with Crippen molar-refractivity contribution in [1.29, 1.82) is 0 Å². The lowest BCUT2D eigenvalue weighted by molar-refractivity contribution is -0.118. The number of rotatable bonds is 3. The van der Waals surface area contributed by atoms with Gasteiger partial charge in [-0.1, -0.05) is 0 Å². The molecular weight excluding hydrogens is 280 g/mol. The average Bonchev–Trinajstić information content (AvgIpc) is 3.05. The molecule has 22 heavy (non-hydrogen) atoms. The zero-order chi connectivity index (χ0) is 15.7. The Hall–Kier alpha value is -2.28. The zero-order valence-electron chi connectivity index (χ0n) is 13.0. The van der Waals surface area contributed by atoms with Crippen LogP contribution in [0.25, 0.3) is 11.4 Å². The molecule has 0 saturated carbocycles. The van der Waals surface area contributed by atoms with Crippen LogP contribution in [0.5, 0.6) is 0 Å². The highest BCUT2D eigenvalue weighted by atomic mass is 16.2. The van der Waals surface area contributed by atoms with E-state index in [9.17, 15) is 4.79 Å². The zero-order valence-corrected chi connectivity index (χ0v) is 13.0. The quantitative estimate of drug-likeness (QED) is 0.801. The predicted octanol–water partition coefficient (Wildman–Crippen LogP) is 1.64. The largest absolute Gasteiger partial charge is 0.309 e. The summed E-state index contributed by atoms with van der Waals surface area (Å²) in [4.78, 5) is 20.8. The summed E-state index contributed by atoms with van der Waals surface area (Å²) in [5.41, 5.74) is 0.822. The minimum Gasteiger partial charge on any atom is -0.309 e. The monoisotopic (exact) mass is 300 g/mol. The van der Waals surface area contributed by atoms with Gasteiger partial charge < -0.3 is 10.6 Å². The van der Waals surface area contributed by atoms with Gasteiger partial charge in [0.05, 0.1) is 6.04 Å². The van der Waals surface area contributed by atoms with Crippen molar-refractivity contribution in [3.8, 4) is 11.4 Å². The van der Waals surface area contributed by atoms with E-state index in [1.165, 1.54) is 0 Å². The molecule has 3 heterocycles. The third-order valence-electron chi connectivity index (χ3n) is 3.81. The molecule has 0 bridgehead atoms. The van der Waals surface area contributed by atoms with Crippen LogP contribution >= 0.6 is 0 Å². The number of anilines is 1. The second-order valence-electron chi connectivity index (χ2n) is 6.28. The Bertz CT molecular complexity index is 693. The van der Waals surface area contributed by atoms with Gasteiger partial charge in [0.1, 0.15) is 11.6 Å². The number of aryl methyl sites for hydroxylation is 1. The number of nitrogens with one attached hydrogen (secondary N) is 3. The van der Waals surface area contributed by atoms with Crippen molar-refractivity contribution >= 4 is 11.7 Å². The average molecular weight is 300 g/mol. The van der Waals surface area contributed by atoms with Crippen molar-refractivity contribution < 1.29 is 4.79 Å². The van der Waals surface area contributed by atoms with E-state index < -0.39 is 0 Å². The van der Waals surface area contributed by atoms with Gasteiger partial charge in [-0.15, -0.1) is 0 Å². The first-order valence-corrected chi connectivity index (χ1v) is 7.37. The Kier molecular flexibility index (Phi) is 3.66. The molecule has 1 atom stereocenters. The fraction of sp³-hybridized carbons (Fsp3) is 0.467. The van der Waals surface area contributed by atoms with Gasteiger partial charge in [-0.3, -0.25) is 9.89 Å². The molecule has 3 N–H and O–H groups in total. The molecule has 3 rings (SSSR count). The molecule has 7 nitrogen and oxygen atoms in total. The van der Waals surface area contributed by atoms with Crippen molar-refractivity contribution in [3.63, 3.8) is 0 Å². The summed E-state index contributed by atoms with van der Waals surface area (Å²) in [5.74, 6) is 1.79. The minimum absolute atomic E-state index is 0.00771. The van der Waals surface area contributed by atoms with Crippen LogP contribution in [0.1, 0.15) is 32.5 Å². The van der Waals surface area contributed by atoms with E-state index in [1.54, 1.807) is 12.3 Å². The molecule has 7 heteroatoms. The number of hydrogen-bond acceptors (Lipinski definition) is 5. The highest BCUT2D eigenvalue weighted by Gasteiger charge is 2.34. The molecule has 1 fully saturated rings. The van der Waals surface area contributed by atoms with Crippen molar-refractivity contribution in [3.05, 3.63) is 24.2 Å². The maximum atomic E-state index is 12.3. The Morgan fingerprint density at radius 2 is 2.27 bits per heavy atom. The van der Waals surface area contributed by atoms with E-state index in [1.807, 2.05) is 13.0 Å². The second-order valence-corrected chi connectivity index (χ2v) is 6.28. The van der Waals surface area contributed by atoms with Gasteiger partial charge in [0.25, 0.3) is 0 Å². The van der Waals surface area contributed by atoms with Crippen LogP contribution in [0.3, 0.4) is 0 Å². The van der Waals surface area contributed by atoms with Gasteiger partial charge >= 0.3 is 0 Å². The predicted molar refractivity (Wildman–Crippen MR) is 83.2 cm³/mol. The lowest BCUT2D eigenvalue weighted by atomic mass is 10.0. The van der Waals surface area contributed by atoms with Gasteiger partial charge in [-0.2, -0.15) is 5.10 Å². The SMILES string of the molecule is Cc1nc(-c2ccnc(NC(=O)C3CCC(C)(C)N3)c2)n[nH]1. The van der Waals surface area contributed by atoms with Crippen molar-refractivity contribution in [2.24, 2.45) is 0 Å². The van der Waals surface area contributed by atoms with E-state index in [-0.39, 0.29) is 17.5 Å². The summed E-state index contributed by atoms with van der Waals surface area (Å²) in [5, 5.41) is 13.1. The summed E-state index contributed by atoms with van der Waals surface area (Å²) in [6.07, 6.45) is 3.45. The Morgan fingerprint density at radius 1 is 1.45 bits per heavy atom. The number of amides is 1. The van der Waals surface area contributed by atoms with E-state index in [4.69, 9.17) is 0 Å². The first-order valence-electron chi connectivity index (χ1n) is 7.37. The molecule has 0 aliphatic carbocycles. The summed E-state index contributed by atoms with van der Waals surface area (Å²) < 4.78 is 0. The standard InChI is InChI=1S/C15H20N6O/c1-9-17-13(21-20-9)10-5-7-16-12(8-10)18-14(22)11-4-6-15(2,3)19-11/h5,7-8,11,19H,4,6H2,1-3H3,(H,16,18,22)(H,17,20,21). The minimum atomic E-state index is -0.175.